The lowest BCUT2D eigenvalue weighted by Gasteiger charge is -2.36. The molecule has 0 aromatic carbocycles. The van der Waals surface area contributed by atoms with Crippen LogP contribution in [-0.4, -0.2) is 69.6 Å². The van der Waals surface area contributed by atoms with E-state index in [1.165, 1.54) is 0 Å². The molecule has 0 saturated carbocycles. The number of carboxylic acid groups (broad SMARTS) is 1. The smallest absolute Gasteiger partial charge is 0.307 e. The minimum atomic E-state index is -0.848. The minimum Gasteiger partial charge on any atom is -0.481 e. The van der Waals surface area contributed by atoms with Crippen molar-refractivity contribution in [2.24, 2.45) is 13.0 Å². The number of rotatable bonds is 8. The van der Waals surface area contributed by atoms with Crippen LogP contribution < -0.4 is 0 Å². The van der Waals surface area contributed by atoms with Gasteiger partial charge in [-0.2, -0.15) is 0 Å². The number of aryl methyl sites for hydroxylation is 1. The number of hydrogen-bond acceptors (Lipinski definition) is 4. The first kappa shape index (κ1) is 20.4. The van der Waals surface area contributed by atoms with E-state index in [1.807, 2.05) is 23.4 Å². The number of nitrogens with zero attached hydrogens (tertiary/aromatic N) is 4. The van der Waals surface area contributed by atoms with Gasteiger partial charge in [0.05, 0.1) is 5.92 Å². The highest BCUT2D eigenvalue weighted by molar-refractivity contribution is 5.79. The second-order valence-electron chi connectivity index (χ2n) is 7.52. The summed E-state index contributed by atoms with van der Waals surface area (Å²) in [6.07, 6.45) is 6.91. The van der Waals surface area contributed by atoms with Gasteiger partial charge in [0.25, 0.3) is 0 Å². The lowest BCUT2D eigenvalue weighted by Crippen LogP contribution is -2.45. The summed E-state index contributed by atoms with van der Waals surface area (Å²) in [6, 6.07) is 0.510. The van der Waals surface area contributed by atoms with E-state index in [-0.39, 0.29) is 12.3 Å². The Kier molecular flexibility index (Phi) is 7.20. The van der Waals surface area contributed by atoms with Crippen LogP contribution in [0.1, 0.15) is 50.8 Å². The van der Waals surface area contributed by atoms with Crippen molar-refractivity contribution in [3.8, 4) is 0 Å². The Hall–Kier alpha value is -1.89. The van der Waals surface area contributed by atoms with Crippen LogP contribution in [0.3, 0.4) is 0 Å². The lowest BCUT2D eigenvalue weighted by molar-refractivity contribution is -0.143. The highest BCUT2D eigenvalue weighted by Crippen LogP contribution is 2.32. The van der Waals surface area contributed by atoms with E-state index in [1.54, 1.807) is 12.4 Å². The Bertz CT molecular complexity index is 606. The minimum absolute atomic E-state index is 0.0394. The lowest BCUT2D eigenvalue weighted by atomic mass is 9.84. The van der Waals surface area contributed by atoms with Gasteiger partial charge in [-0.05, 0) is 33.4 Å². The molecule has 2 unspecified atom stereocenters. The Labute approximate surface area is 156 Å². The fraction of sp³-hybridized carbons (Fsp3) is 0.737. The molecule has 146 valence electrons. The first-order chi connectivity index (χ1) is 12.3. The van der Waals surface area contributed by atoms with Gasteiger partial charge in [0.15, 0.2) is 0 Å². The Morgan fingerprint density at radius 1 is 1.35 bits per heavy atom. The summed E-state index contributed by atoms with van der Waals surface area (Å²) in [4.78, 5) is 33.2. The van der Waals surface area contributed by atoms with Gasteiger partial charge in [-0.1, -0.05) is 13.3 Å². The molecular weight excluding hydrogens is 332 g/mol. The number of carbonyl (C=O) groups excluding carboxylic acids is 1. The van der Waals surface area contributed by atoms with Crippen molar-refractivity contribution in [2.45, 2.75) is 51.0 Å². The van der Waals surface area contributed by atoms with Crippen molar-refractivity contribution < 1.29 is 14.7 Å². The summed E-state index contributed by atoms with van der Waals surface area (Å²) in [5.74, 6) is -1.12. The van der Waals surface area contributed by atoms with Gasteiger partial charge in [-0.3, -0.25) is 9.59 Å². The number of likely N-dealkylation sites (tertiary alicyclic amines) is 1. The molecule has 1 aliphatic heterocycles. The van der Waals surface area contributed by atoms with Gasteiger partial charge in [0.1, 0.15) is 5.82 Å². The largest absolute Gasteiger partial charge is 0.481 e. The van der Waals surface area contributed by atoms with E-state index in [0.717, 1.165) is 32.4 Å². The van der Waals surface area contributed by atoms with Crippen LogP contribution in [0, 0.1) is 5.92 Å². The fourth-order valence-electron chi connectivity index (χ4n) is 3.90. The Morgan fingerprint density at radius 2 is 2.00 bits per heavy atom. The van der Waals surface area contributed by atoms with Crippen LogP contribution in [0.4, 0.5) is 0 Å². The molecule has 0 bridgehead atoms. The van der Waals surface area contributed by atoms with Gasteiger partial charge in [0, 0.05) is 50.9 Å². The van der Waals surface area contributed by atoms with Crippen LogP contribution in [0.5, 0.6) is 0 Å². The molecule has 1 saturated heterocycles. The van der Waals surface area contributed by atoms with E-state index >= 15 is 0 Å². The average molecular weight is 364 g/mol. The zero-order valence-electron chi connectivity index (χ0n) is 16.4. The number of aliphatic carboxylic acids is 1. The molecule has 1 amide bonds. The van der Waals surface area contributed by atoms with Gasteiger partial charge >= 0.3 is 5.97 Å². The zero-order chi connectivity index (χ0) is 19.3. The predicted molar refractivity (Wildman–Crippen MR) is 99.9 cm³/mol. The van der Waals surface area contributed by atoms with Crippen molar-refractivity contribution in [1.29, 1.82) is 0 Å². The molecule has 7 heteroatoms. The summed E-state index contributed by atoms with van der Waals surface area (Å²) < 4.78 is 1.84. The van der Waals surface area contributed by atoms with Crippen molar-refractivity contribution >= 4 is 11.9 Å². The molecule has 1 aromatic heterocycles. The number of carboxylic acids is 1. The molecule has 1 N–H and O–H groups in total. The number of amides is 1. The van der Waals surface area contributed by atoms with E-state index in [4.69, 9.17) is 0 Å². The normalized spacial score (nSPS) is 18.1. The average Bonchev–Trinajstić information content (AvgIpc) is 3.03. The van der Waals surface area contributed by atoms with Gasteiger partial charge in [-0.15, -0.1) is 0 Å². The van der Waals surface area contributed by atoms with E-state index in [0.29, 0.717) is 18.3 Å². The number of imidazole rings is 1. The topological polar surface area (TPSA) is 78.7 Å². The summed E-state index contributed by atoms with van der Waals surface area (Å²) in [6.45, 7) is 3.44. The SMILES string of the molecule is CCCC(C(=O)O)C(CC(=O)N1CCC(N(C)C)CC1)c1nccn1C. The number of piperidine rings is 1. The molecule has 1 fully saturated rings. The molecule has 0 spiro atoms. The predicted octanol–water partition coefficient (Wildman–Crippen LogP) is 1.95. The number of aromatic nitrogens is 2. The molecule has 0 aliphatic carbocycles. The Morgan fingerprint density at radius 3 is 2.46 bits per heavy atom. The second kappa shape index (κ2) is 9.16. The van der Waals surface area contributed by atoms with Crippen LogP contribution in [0.25, 0.3) is 0 Å². The quantitative estimate of drug-likeness (QED) is 0.763. The second-order valence-corrected chi connectivity index (χ2v) is 7.52. The maximum Gasteiger partial charge on any atom is 0.307 e. The van der Waals surface area contributed by atoms with E-state index in [9.17, 15) is 14.7 Å². The molecule has 1 aromatic rings. The van der Waals surface area contributed by atoms with Gasteiger partial charge in [-0.25, -0.2) is 4.98 Å². The van der Waals surface area contributed by atoms with Crippen LogP contribution in [0.2, 0.25) is 0 Å². The zero-order valence-corrected chi connectivity index (χ0v) is 16.4. The third-order valence-electron chi connectivity index (χ3n) is 5.53. The number of carbonyl (C=O) groups is 2. The number of hydrogen-bond donors (Lipinski definition) is 1. The first-order valence-electron chi connectivity index (χ1n) is 9.49. The van der Waals surface area contributed by atoms with Crippen LogP contribution in [0.15, 0.2) is 12.4 Å². The van der Waals surface area contributed by atoms with Crippen LogP contribution in [-0.2, 0) is 16.6 Å². The molecule has 2 rings (SSSR count). The van der Waals surface area contributed by atoms with Crippen LogP contribution >= 0.6 is 0 Å². The third kappa shape index (κ3) is 4.84. The Balaban J connectivity index is 2.13. The summed E-state index contributed by atoms with van der Waals surface area (Å²) in [7, 11) is 6.00. The highest BCUT2D eigenvalue weighted by Gasteiger charge is 2.35. The molecule has 0 radical (unpaired) electrons. The fourth-order valence-corrected chi connectivity index (χ4v) is 3.90. The van der Waals surface area contributed by atoms with E-state index < -0.39 is 17.8 Å². The monoisotopic (exact) mass is 364 g/mol. The van der Waals surface area contributed by atoms with Gasteiger partial charge in [0.2, 0.25) is 5.91 Å². The van der Waals surface area contributed by atoms with Crippen molar-refractivity contribution in [3.63, 3.8) is 0 Å². The molecular formula is C19H32N4O3. The standard InChI is InChI=1S/C19H32N4O3/c1-5-6-15(19(25)26)16(18-20-9-12-22(18)4)13-17(24)23-10-7-14(8-11-23)21(2)3/h9,12,14-16H,5-8,10-11,13H2,1-4H3,(H,25,26). The van der Waals surface area contributed by atoms with E-state index in [2.05, 4.69) is 24.0 Å². The summed E-state index contributed by atoms with van der Waals surface area (Å²) >= 11 is 0. The molecule has 26 heavy (non-hydrogen) atoms. The summed E-state index contributed by atoms with van der Waals surface area (Å²) in [5, 5.41) is 9.72. The maximum atomic E-state index is 12.9. The van der Waals surface area contributed by atoms with Gasteiger partial charge < -0.3 is 19.5 Å². The highest BCUT2D eigenvalue weighted by atomic mass is 16.4. The van der Waals surface area contributed by atoms with Crippen molar-refractivity contribution in [3.05, 3.63) is 18.2 Å². The maximum absolute atomic E-state index is 12.9. The molecule has 2 heterocycles. The summed E-state index contributed by atoms with van der Waals surface area (Å²) in [5.41, 5.74) is 0. The molecule has 2 atom stereocenters. The van der Waals surface area contributed by atoms with Crippen molar-refractivity contribution in [2.75, 3.05) is 27.2 Å². The molecule has 1 aliphatic rings. The third-order valence-corrected chi connectivity index (χ3v) is 5.53. The molecule has 7 nitrogen and oxygen atoms in total. The van der Waals surface area contributed by atoms with Crippen molar-refractivity contribution in [1.82, 2.24) is 19.4 Å². The first-order valence-corrected chi connectivity index (χ1v) is 9.49.